The normalized spacial score (nSPS) is 10.8. The van der Waals surface area contributed by atoms with Gasteiger partial charge in [-0.2, -0.15) is 0 Å². The first-order valence-corrected chi connectivity index (χ1v) is 13.1. The van der Waals surface area contributed by atoms with E-state index in [9.17, 15) is 0 Å². The Morgan fingerprint density at radius 1 is 0.529 bits per heavy atom. The van der Waals surface area contributed by atoms with Gasteiger partial charge in [0.05, 0.1) is 40.3 Å². The molecule has 0 aliphatic heterocycles. The van der Waals surface area contributed by atoms with Crippen molar-refractivity contribution in [3.8, 4) is 23.7 Å². The Bertz CT molecular complexity index is 669. The molecule has 1 aromatic carbocycles. The van der Waals surface area contributed by atoms with Crippen molar-refractivity contribution < 1.29 is 56.9 Å². The van der Waals surface area contributed by atoms with Gasteiger partial charge in [-0.25, -0.2) is 0 Å². The van der Waals surface area contributed by atoms with E-state index in [2.05, 4.69) is 89.7 Å². The minimum Gasteiger partial charge on any atom is -1.00 e. The number of unbranched alkanes of at least 4 members (excludes halogenated alkanes) is 4. The minimum atomic E-state index is 0. The Morgan fingerprint density at radius 3 is 1.03 bits per heavy atom. The molecule has 194 valence electrons. The van der Waals surface area contributed by atoms with E-state index >= 15 is 0 Å². The number of hydrogen-bond acceptors (Lipinski definition) is 0. The van der Waals surface area contributed by atoms with Gasteiger partial charge in [0.25, 0.3) is 0 Å². The number of quaternary nitrogens is 2. The van der Waals surface area contributed by atoms with Gasteiger partial charge in [-0.15, -0.1) is 0 Å². The SMILES string of the molecule is CCCC[N+](C)(CC#Cc1ccc(C#CC[N+](C)(CCCC)CCCC)cc1)CCCC.[I-].[I-]. The van der Waals surface area contributed by atoms with E-state index in [4.69, 9.17) is 0 Å². The summed E-state index contributed by atoms with van der Waals surface area (Å²) in [6.45, 7) is 15.9. The maximum Gasteiger partial charge on any atom is 0.141 e. The summed E-state index contributed by atoms with van der Waals surface area (Å²) >= 11 is 0. The molecule has 4 heteroatoms. The highest BCUT2D eigenvalue weighted by Crippen LogP contribution is 2.10. The van der Waals surface area contributed by atoms with E-state index < -0.39 is 0 Å². The van der Waals surface area contributed by atoms with Gasteiger partial charge in [0, 0.05) is 11.1 Å². The van der Waals surface area contributed by atoms with Gasteiger partial charge >= 0.3 is 0 Å². The molecular weight excluding hydrogens is 642 g/mol. The van der Waals surface area contributed by atoms with Gasteiger partial charge in [0.15, 0.2) is 0 Å². The van der Waals surface area contributed by atoms with E-state index in [0.29, 0.717) is 0 Å². The molecule has 0 aromatic heterocycles. The maximum atomic E-state index is 3.47. The average molecular weight is 693 g/mol. The van der Waals surface area contributed by atoms with Crippen LogP contribution in [-0.4, -0.2) is 62.3 Å². The quantitative estimate of drug-likeness (QED) is 0.152. The first-order valence-electron chi connectivity index (χ1n) is 13.1. The van der Waals surface area contributed by atoms with Gasteiger partial charge < -0.3 is 56.9 Å². The molecule has 0 spiro atoms. The van der Waals surface area contributed by atoms with Crippen molar-refractivity contribution in [2.45, 2.75) is 79.1 Å². The molecule has 0 radical (unpaired) electrons. The summed E-state index contributed by atoms with van der Waals surface area (Å²) in [5.74, 6) is 13.7. The Morgan fingerprint density at radius 2 is 0.794 bits per heavy atom. The van der Waals surface area contributed by atoms with Crippen molar-refractivity contribution >= 4 is 0 Å². The van der Waals surface area contributed by atoms with Crippen LogP contribution in [0.2, 0.25) is 0 Å². The number of nitrogens with zero attached hydrogens (tertiary/aromatic N) is 2. The molecule has 34 heavy (non-hydrogen) atoms. The fraction of sp³-hybridized carbons (Fsp3) is 0.667. The van der Waals surface area contributed by atoms with Crippen molar-refractivity contribution in [1.82, 2.24) is 0 Å². The Hall–Kier alpha value is -0.280. The van der Waals surface area contributed by atoms with Crippen LogP contribution in [0, 0.1) is 23.7 Å². The molecule has 2 nitrogen and oxygen atoms in total. The summed E-state index contributed by atoms with van der Waals surface area (Å²) in [6, 6.07) is 8.51. The maximum absolute atomic E-state index is 3.47. The van der Waals surface area contributed by atoms with Gasteiger partial charge in [-0.1, -0.05) is 65.2 Å². The van der Waals surface area contributed by atoms with Crippen LogP contribution in [0.25, 0.3) is 0 Å². The molecule has 0 amide bonds. The third kappa shape index (κ3) is 15.7. The summed E-state index contributed by atoms with van der Waals surface area (Å²) in [4.78, 5) is 0. The van der Waals surface area contributed by atoms with Crippen LogP contribution in [0.3, 0.4) is 0 Å². The number of halogens is 2. The van der Waals surface area contributed by atoms with E-state index in [1.165, 1.54) is 77.5 Å². The number of benzene rings is 1. The molecule has 0 fully saturated rings. The number of hydrogen-bond donors (Lipinski definition) is 0. The first kappa shape index (κ1) is 35.9. The summed E-state index contributed by atoms with van der Waals surface area (Å²) in [5, 5.41) is 0. The van der Waals surface area contributed by atoms with Crippen LogP contribution in [0.1, 0.15) is 90.2 Å². The zero-order chi connectivity index (χ0) is 23.7. The van der Waals surface area contributed by atoms with Crippen LogP contribution < -0.4 is 48.0 Å². The first-order chi connectivity index (χ1) is 15.4. The third-order valence-electron chi connectivity index (χ3n) is 6.48. The molecule has 0 N–H and O–H groups in total. The van der Waals surface area contributed by atoms with Crippen molar-refractivity contribution in [1.29, 1.82) is 0 Å². The lowest BCUT2D eigenvalue weighted by Crippen LogP contribution is -3.00. The Balaban J connectivity index is 0. The fourth-order valence-electron chi connectivity index (χ4n) is 4.00. The standard InChI is InChI=1S/C30H50N2.2HI/c1-7-11-23-31(5,24-12-8-2)27-15-17-29-19-21-30(22-20-29)18-16-28-32(6,25-13-9-3)26-14-10-4;;/h19-22H,7-14,23-28H2,1-6H3;2*1H/q+2;;/p-2. The van der Waals surface area contributed by atoms with E-state index in [0.717, 1.165) is 33.2 Å². The summed E-state index contributed by atoms with van der Waals surface area (Å²) in [5.41, 5.74) is 2.19. The third-order valence-corrected chi connectivity index (χ3v) is 6.48. The fourth-order valence-corrected chi connectivity index (χ4v) is 4.00. The molecule has 1 aromatic rings. The van der Waals surface area contributed by atoms with Gasteiger partial charge in [0.1, 0.15) is 13.1 Å². The monoisotopic (exact) mass is 692 g/mol. The smallest absolute Gasteiger partial charge is 0.141 e. The average Bonchev–Trinajstić information content (AvgIpc) is 2.80. The molecule has 0 atom stereocenters. The van der Waals surface area contributed by atoms with Crippen LogP contribution in [0.5, 0.6) is 0 Å². The lowest BCUT2D eigenvalue weighted by atomic mass is 10.1. The molecule has 0 bridgehead atoms. The lowest BCUT2D eigenvalue weighted by molar-refractivity contribution is -0.903. The van der Waals surface area contributed by atoms with Gasteiger partial charge in [-0.3, -0.25) is 0 Å². The van der Waals surface area contributed by atoms with Crippen LogP contribution in [0.15, 0.2) is 24.3 Å². The lowest BCUT2D eigenvalue weighted by Gasteiger charge is -2.32. The molecule has 0 aliphatic rings. The van der Waals surface area contributed by atoms with Crippen LogP contribution in [0.4, 0.5) is 0 Å². The highest BCUT2D eigenvalue weighted by atomic mass is 127. The highest BCUT2D eigenvalue weighted by Gasteiger charge is 2.19. The second-order valence-electron chi connectivity index (χ2n) is 10.0. The molecule has 0 unspecified atom stereocenters. The van der Waals surface area contributed by atoms with Crippen molar-refractivity contribution in [3.63, 3.8) is 0 Å². The summed E-state index contributed by atoms with van der Waals surface area (Å²) in [7, 11) is 4.73. The predicted molar refractivity (Wildman–Crippen MR) is 141 cm³/mol. The van der Waals surface area contributed by atoms with Crippen LogP contribution >= 0.6 is 0 Å². The zero-order valence-electron chi connectivity index (χ0n) is 22.9. The molecular formula is C30H50I2N2. The number of rotatable bonds is 14. The van der Waals surface area contributed by atoms with Gasteiger partial charge in [0.2, 0.25) is 0 Å². The Labute approximate surface area is 246 Å². The molecule has 1 rings (SSSR count). The highest BCUT2D eigenvalue weighted by molar-refractivity contribution is 5.41. The molecule has 0 heterocycles. The molecule has 0 saturated heterocycles. The van der Waals surface area contributed by atoms with Gasteiger partial charge in [-0.05, 0) is 61.8 Å². The summed E-state index contributed by atoms with van der Waals surface area (Å²) in [6.07, 6.45) is 10.1. The second-order valence-corrected chi connectivity index (χ2v) is 10.0. The van der Waals surface area contributed by atoms with Crippen molar-refractivity contribution in [2.75, 3.05) is 53.4 Å². The predicted octanol–water partition coefficient (Wildman–Crippen LogP) is 0.491. The minimum absolute atomic E-state index is 0. The van der Waals surface area contributed by atoms with E-state index in [1.807, 2.05) is 0 Å². The van der Waals surface area contributed by atoms with E-state index in [-0.39, 0.29) is 48.0 Å². The zero-order valence-corrected chi connectivity index (χ0v) is 27.2. The second kappa shape index (κ2) is 20.9. The van der Waals surface area contributed by atoms with E-state index in [1.54, 1.807) is 0 Å². The summed E-state index contributed by atoms with van der Waals surface area (Å²) < 4.78 is 2.15. The topological polar surface area (TPSA) is 0 Å². The molecule has 0 aliphatic carbocycles. The largest absolute Gasteiger partial charge is 1.00 e. The molecule has 0 saturated carbocycles. The Kier molecular flexibility index (Phi) is 22.0. The van der Waals surface area contributed by atoms with Crippen LogP contribution in [-0.2, 0) is 0 Å². The van der Waals surface area contributed by atoms with Crippen molar-refractivity contribution in [3.05, 3.63) is 35.4 Å². The van der Waals surface area contributed by atoms with Crippen molar-refractivity contribution in [2.24, 2.45) is 0 Å².